The monoisotopic (exact) mass is 212 g/mol. The standard InChI is InChI=1S/C12H20O3/c1-12(8-4-3-6-10(12)13)9-5-7-11(14)15-2/h3-9H2,1-2H3. The van der Waals surface area contributed by atoms with E-state index in [1.807, 2.05) is 6.92 Å². The van der Waals surface area contributed by atoms with Gasteiger partial charge in [0.1, 0.15) is 5.78 Å². The van der Waals surface area contributed by atoms with Gasteiger partial charge in [-0.25, -0.2) is 0 Å². The first-order chi connectivity index (χ1) is 7.08. The van der Waals surface area contributed by atoms with Crippen LogP contribution in [0.5, 0.6) is 0 Å². The highest BCUT2D eigenvalue weighted by Gasteiger charge is 2.34. The molecule has 0 N–H and O–H groups in total. The van der Waals surface area contributed by atoms with Crippen LogP contribution in [-0.4, -0.2) is 18.9 Å². The fourth-order valence-corrected chi connectivity index (χ4v) is 2.23. The summed E-state index contributed by atoms with van der Waals surface area (Å²) in [4.78, 5) is 22.7. The van der Waals surface area contributed by atoms with Crippen LogP contribution in [0.2, 0.25) is 0 Å². The minimum absolute atomic E-state index is 0.174. The Bertz CT molecular complexity index is 247. The van der Waals surface area contributed by atoms with Gasteiger partial charge in [-0.1, -0.05) is 13.3 Å². The van der Waals surface area contributed by atoms with Crippen LogP contribution in [0.3, 0.4) is 0 Å². The number of methoxy groups -OCH3 is 1. The number of hydrogen-bond donors (Lipinski definition) is 0. The predicted molar refractivity (Wildman–Crippen MR) is 57.4 cm³/mol. The Labute approximate surface area is 91.2 Å². The molecule has 0 aromatic heterocycles. The Morgan fingerprint density at radius 1 is 1.47 bits per heavy atom. The molecular weight excluding hydrogens is 192 g/mol. The Morgan fingerprint density at radius 3 is 2.80 bits per heavy atom. The molecule has 0 amide bonds. The largest absolute Gasteiger partial charge is 0.469 e. The molecule has 1 aliphatic rings. The van der Waals surface area contributed by atoms with Gasteiger partial charge in [-0.05, 0) is 25.7 Å². The maximum atomic E-state index is 11.7. The van der Waals surface area contributed by atoms with E-state index in [1.54, 1.807) is 0 Å². The average molecular weight is 212 g/mol. The van der Waals surface area contributed by atoms with Crippen molar-refractivity contribution in [1.29, 1.82) is 0 Å². The van der Waals surface area contributed by atoms with Crippen LogP contribution >= 0.6 is 0 Å². The molecule has 0 aromatic rings. The molecule has 0 spiro atoms. The molecule has 0 saturated heterocycles. The van der Waals surface area contributed by atoms with Crippen molar-refractivity contribution >= 4 is 11.8 Å². The average Bonchev–Trinajstić information content (AvgIpc) is 2.22. The Morgan fingerprint density at radius 2 is 2.20 bits per heavy atom. The normalized spacial score (nSPS) is 26.4. The number of carbonyl (C=O) groups excluding carboxylic acids is 2. The van der Waals surface area contributed by atoms with E-state index < -0.39 is 0 Å². The third-order valence-electron chi connectivity index (χ3n) is 3.39. The first-order valence-electron chi connectivity index (χ1n) is 5.68. The molecule has 1 unspecified atom stereocenters. The van der Waals surface area contributed by atoms with Gasteiger partial charge in [0.2, 0.25) is 0 Å². The summed E-state index contributed by atoms with van der Waals surface area (Å²) in [6.07, 6.45) is 5.88. The molecule has 1 aliphatic carbocycles. The molecule has 0 bridgehead atoms. The molecule has 0 radical (unpaired) electrons. The van der Waals surface area contributed by atoms with E-state index in [0.717, 1.165) is 32.1 Å². The topological polar surface area (TPSA) is 43.4 Å². The predicted octanol–water partition coefficient (Wildman–Crippen LogP) is 2.48. The zero-order valence-electron chi connectivity index (χ0n) is 9.67. The van der Waals surface area contributed by atoms with Crippen molar-refractivity contribution in [3.05, 3.63) is 0 Å². The Kier molecular flexibility index (Phi) is 4.30. The third kappa shape index (κ3) is 3.33. The minimum atomic E-state index is -0.179. The summed E-state index contributed by atoms with van der Waals surface area (Å²) in [6.45, 7) is 2.03. The lowest BCUT2D eigenvalue weighted by Crippen LogP contribution is -2.31. The van der Waals surface area contributed by atoms with Gasteiger partial charge >= 0.3 is 5.97 Å². The summed E-state index contributed by atoms with van der Waals surface area (Å²) in [6, 6.07) is 0. The SMILES string of the molecule is COC(=O)CCCC1(C)CCCCC1=O. The highest BCUT2D eigenvalue weighted by atomic mass is 16.5. The zero-order chi connectivity index (χ0) is 11.3. The number of rotatable bonds is 4. The Hall–Kier alpha value is -0.860. The number of hydrogen-bond acceptors (Lipinski definition) is 3. The highest BCUT2D eigenvalue weighted by Crippen LogP contribution is 2.37. The molecule has 3 heteroatoms. The third-order valence-corrected chi connectivity index (χ3v) is 3.39. The van der Waals surface area contributed by atoms with Crippen LogP contribution in [0.1, 0.15) is 51.9 Å². The van der Waals surface area contributed by atoms with Gasteiger partial charge in [0.25, 0.3) is 0 Å². The summed E-state index contributed by atoms with van der Waals surface area (Å²) < 4.78 is 4.58. The lowest BCUT2D eigenvalue weighted by Gasteiger charge is -2.31. The molecule has 0 aliphatic heterocycles. The van der Waals surface area contributed by atoms with Crippen molar-refractivity contribution in [3.63, 3.8) is 0 Å². The fourth-order valence-electron chi connectivity index (χ4n) is 2.23. The van der Waals surface area contributed by atoms with E-state index in [4.69, 9.17) is 0 Å². The van der Waals surface area contributed by atoms with Gasteiger partial charge < -0.3 is 4.74 Å². The van der Waals surface area contributed by atoms with E-state index in [1.165, 1.54) is 7.11 Å². The quantitative estimate of drug-likeness (QED) is 0.672. The maximum Gasteiger partial charge on any atom is 0.305 e. The zero-order valence-corrected chi connectivity index (χ0v) is 9.67. The number of ketones is 1. The van der Waals surface area contributed by atoms with Crippen molar-refractivity contribution in [2.24, 2.45) is 5.41 Å². The number of carbonyl (C=O) groups is 2. The molecule has 0 aromatic carbocycles. The van der Waals surface area contributed by atoms with Gasteiger partial charge in [-0.15, -0.1) is 0 Å². The maximum absolute atomic E-state index is 11.7. The first kappa shape index (κ1) is 12.2. The van der Waals surface area contributed by atoms with Crippen molar-refractivity contribution in [2.75, 3.05) is 7.11 Å². The smallest absolute Gasteiger partial charge is 0.305 e. The van der Waals surface area contributed by atoms with Crippen LogP contribution < -0.4 is 0 Å². The van der Waals surface area contributed by atoms with Gasteiger partial charge in [-0.2, -0.15) is 0 Å². The van der Waals surface area contributed by atoms with Gasteiger partial charge in [0.15, 0.2) is 0 Å². The van der Waals surface area contributed by atoms with Crippen LogP contribution in [0, 0.1) is 5.41 Å². The number of esters is 1. The van der Waals surface area contributed by atoms with Crippen molar-refractivity contribution < 1.29 is 14.3 Å². The van der Waals surface area contributed by atoms with Gasteiger partial charge in [0, 0.05) is 18.3 Å². The number of ether oxygens (including phenoxy) is 1. The van der Waals surface area contributed by atoms with Crippen LogP contribution in [0.15, 0.2) is 0 Å². The second kappa shape index (κ2) is 5.29. The molecule has 15 heavy (non-hydrogen) atoms. The van der Waals surface area contributed by atoms with Crippen LogP contribution in [0.25, 0.3) is 0 Å². The van der Waals surface area contributed by atoms with E-state index in [-0.39, 0.29) is 11.4 Å². The summed E-state index contributed by atoms with van der Waals surface area (Å²) in [5.41, 5.74) is -0.174. The molecule has 1 fully saturated rings. The summed E-state index contributed by atoms with van der Waals surface area (Å²) in [5.74, 6) is 0.195. The van der Waals surface area contributed by atoms with Crippen LogP contribution in [-0.2, 0) is 14.3 Å². The second-order valence-corrected chi connectivity index (χ2v) is 4.62. The summed E-state index contributed by atoms with van der Waals surface area (Å²) in [5, 5.41) is 0. The van der Waals surface area contributed by atoms with Gasteiger partial charge in [-0.3, -0.25) is 9.59 Å². The lowest BCUT2D eigenvalue weighted by molar-refractivity contribution is -0.141. The van der Waals surface area contributed by atoms with E-state index in [0.29, 0.717) is 18.6 Å². The van der Waals surface area contributed by atoms with Gasteiger partial charge in [0.05, 0.1) is 7.11 Å². The van der Waals surface area contributed by atoms with Crippen molar-refractivity contribution in [3.8, 4) is 0 Å². The lowest BCUT2D eigenvalue weighted by atomic mass is 9.71. The molecule has 1 rings (SSSR count). The van der Waals surface area contributed by atoms with E-state index in [9.17, 15) is 9.59 Å². The summed E-state index contributed by atoms with van der Waals surface area (Å²) in [7, 11) is 1.40. The van der Waals surface area contributed by atoms with Crippen molar-refractivity contribution in [2.45, 2.75) is 51.9 Å². The molecule has 86 valence electrons. The molecule has 0 heterocycles. The van der Waals surface area contributed by atoms with E-state index in [2.05, 4.69) is 4.74 Å². The van der Waals surface area contributed by atoms with Crippen molar-refractivity contribution in [1.82, 2.24) is 0 Å². The second-order valence-electron chi connectivity index (χ2n) is 4.62. The minimum Gasteiger partial charge on any atom is -0.469 e. The number of Topliss-reactive ketones (excluding diaryl/α,β-unsaturated/α-hetero) is 1. The highest BCUT2D eigenvalue weighted by molar-refractivity contribution is 5.85. The molecule has 3 nitrogen and oxygen atoms in total. The Balaban J connectivity index is 2.35. The van der Waals surface area contributed by atoms with E-state index >= 15 is 0 Å². The first-order valence-corrected chi connectivity index (χ1v) is 5.68. The molecule has 1 atom stereocenters. The fraction of sp³-hybridized carbons (Fsp3) is 0.833. The molecular formula is C12H20O3. The summed E-state index contributed by atoms with van der Waals surface area (Å²) >= 11 is 0. The van der Waals surface area contributed by atoms with Crippen LogP contribution in [0.4, 0.5) is 0 Å². The molecule has 1 saturated carbocycles.